The van der Waals surface area contributed by atoms with Gasteiger partial charge >= 0.3 is 18.5 Å². The smallest absolute Gasteiger partial charge is 0.419 e. The van der Waals surface area contributed by atoms with Gasteiger partial charge < -0.3 is 15.3 Å². The molecule has 0 spiro atoms. The Morgan fingerprint density at radius 2 is 0.659 bits per heavy atom. The van der Waals surface area contributed by atoms with Gasteiger partial charge in [0.15, 0.2) is 0 Å². The predicted molar refractivity (Wildman–Crippen MR) is 143 cm³/mol. The molecule has 0 unspecified atom stereocenters. The molecular weight excluding hydrogens is 603 g/mol. The van der Waals surface area contributed by atoms with E-state index in [0.717, 1.165) is 36.4 Å². The van der Waals surface area contributed by atoms with Crippen LogP contribution in [-0.4, -0.2) is 15.3 Å². The summed E-state index contributed by atoms with van der Waals surface area (Å²) in [5, 5.41) is 29.5. The van der Waals surface area contributed by atoms with Crippen molar-refractivity contribution in [2.24, 2.45) is 0 Å². The van der Waals surface area contributed by atoms with E-state index in [1.807, 2.05) is 0 Å². The number of phenolic OH excluding ortho intramolecular Hbond substituents is 3. The van der Waals surface area contributed by atoms with E-state index < -0.39 is 63.3 Å². The molecule has 0 radical (unpaired) electrons. The summed E-state index contributed by atoms with van der Waals surface area (Å²) in [6, 6.07) is 14.0. The van der Waals surface area contributed by atoms with Gasteiger partial charge in [-0.15, -0.1) is 0 Å². The largest absolute Gasteiger partial charge is 0.507 e. The molecule has 0 aliphatic rings. The summed E-state index contributed by atoms with van der Waals surface area (Å²) in [5.74, 6) is -3.13. The van der Waals surface area contributed by atoms with Crippen LogP contribution in [-0.2, 0) is 29.4 Å². The maximum atomic E-state index is 13.7. The van der Waals surface area contributed by atoms with Gasteiger partial charge in [0.25, 0.3) is 0 Å². The van der Waals surface area contributed by atoms with E-state index in [1.54, 1.807) is 13.8 Å². The lowest BCUT2D eigenvalue weighted by atomic mass is 9.69. The first kappa shape index (κ1) is 32.6. The van der Waals surface area contributed by atoms with E-state index in [-0.39, 0.29) is 22.3 Å². The standard InChI is InChI=1S/C32H25F9O3/c1-28(2,19-8-11-25(42)22(14-19)30(33,34)35)17-4-6-18(7-5-17)29(3,20-9-12-26(43)23(15-20)31(36,37)38)21-10-13-27(44)24(16-21)32(39,40)41/h4-16,42-44H,1-3H3. The van der Waals surface area contributed by atoms with E-state index >= 15 is 0 Å². The molecule has 0 bridgehead atoms. The molecule has 4 rings (SSSR count). The average Bonchev–Trinajstić information content (AvgIpc) is 2.91. The number of benzene rings is 4. The molecule has 234 valence electrons. The molecule has 0 aliphatic heterocycles. The van der Waals surface area contributed by atoms with E-state index in [4.69, 9.17) is 0 Å². The normalized spacial score (nSPS) is 13.3. The van der Waals surface area contributed by atoms with Crippen molar-refractivity contribution in [1.82, 2.24) is 0 Å². The zero-order valence-electron chi connectivity index (χ0n) is 23.2. The van der Waals surface area contributed by atoms with Crippen molar-refractivity contribution >= 4 is 0 Å². The second-order valence-corrected chi connectivity index (χ2v) is 11.0. The van der Waals surface area contributed by atoms with Crippen molar-refractivity contribution in [3.8, 4) is 17.2 Å². The molecule has 4 aromatic carbocycles. The first-order valence-electron chi connectivity index (χ1n) is 12.9. The van der Waals surface area contributed by atoms with E-state index in [0.29, 0.717) is 17.7 Å². The Balaban J connectivity index is 1.92. The Bertz CT molecular complexity index is 1620. The molecule has 0 amide bonds. The van der Waals surface area contributed by atoms with Crippen molar-refractivity contribution in [3.05, 3.63) is 123 Å². The number of hydrogen-bond acceptors (Lipinski definition) is 3. The van der Waals surface area contributed by atoms with Crippen LogP contribution in [0.4, 0.5) is 39.5 Å². The highest BCUT2D eigenvalue weighted by molar-refractivity contribution is 5.56. The number of halogens is 9. The molecule has 0 saturated heterocycles. The predicted octanol–water partition coefficient (Wildman–Crippen LogP) is 9.54. The third-order valence-corrected chi connectivity index (χ3v) is 7.97. The number of alkyl halides is 9. The summed E-state index contributed by atoms with van der Waals surface area (Å²) in [5.41, 5.74) is -6.32. The van der Waals surface area contributed by atoms with Gasteiger partial charge in [0.05, 0.1) is 16.7 Å². The fraction of sp³-hybridized carbons (Fsp3) is 0.250. The topological polar surface area (TPSA) is 60.7 Å². The van der Waals surface area contributed by atoms with Crippen LogP contribution in [0.25, 0.3) is 0 Å². The van der Waals surface area contributed by atoms with E-state index in [9.17, 15) is 54.8 Å². The van der Waals surface area contributed by atoms with Crippen LogP contribution in [0, 0.1) is 0 Å². The first-order valence-corrected chi connectivity index (χ1v) is 12.9. The highest BCUT2D eigenvalue weighted by Gasteiger charge is 2.41. The van der Waals surface area contributed by atoms with E-state index in [1.165, 1.54) is 37.3 Å². The average molecular weight is 629 g/mol. The zero-order valence-corrected chi connectivity index (χ0v) is 23.2. The van der Waals surface area contributed by atoms with Crippen LogP contribution in [0.1, 0.15) is 65.3 Å². The molecule has 0 fully saturated rings. The van der Waals surface area contributed by atoms with Crippen molar-refractivity contribution < 1.29 is 54.8 Å². The molecule has 0 heterocycles. The van der Waals surface area contributed by atoms with Gasteiger partial charge in [0.2, 0.25) is 0 Å². The highest BCUT2D eigenvalue weighted by atomic mass is 19.4. The van der Waals surface area contributed by atoms with Crippen molar-refractivity contribution in [3.63, 3.8) is 0 Å². The van der Waals surface area contributed by atoms with Crippen molar-refractivity contribution in [1.29, 1.82) is 0 Å². The van der Waals surface area contributed by atoms with Gasteiger partial charge in [-0.1, -0.05) is 56.3 Å². The lowest BCUT2D eigenvalue weighted by molar-refractivity contribution is -0.139. The number of phenols is 3. The van der Waals surface area contributed by atoms with Crippen molar-refractivity contribution in [2.75, 3.05) is 0 Å². The fourth-order valence-corrected chi connectivity index (χ4v) is 5.19. The molecular formula is C32H25F9O3. The summed E-state index contributed by atoms with van der Waals surface area (Å²) in [4.78, 5) is 0. The van der Waals surface area contributed by atoms with Gasteiger partial charge in [0.1, 0.15) is 17.2 Å². The minimum absolute atomic E-state index is 0.137. The summed E-state index contributed by atoms with van der Waals surface area (Å²) in [6.07, 6.45) is -14.8. The minimum atomic E-state index is -5.00. The monoisotopic (exact) mass is 628 g/mol. The lowest BCUT2D eigenvalue weighted by Crippen LogP contribution is -2.27. The van der Waals surface area contributed by atoms with Crippen molar-refractivity contribution in [2.45, 2.75) is 50.1 Å². The highest BCUT2D eigenvalue weighted by Crippen LogP contribution is 2.47. The summed E-state index contributed by atoms with van der Waals surface area (Å²) >= 11 is 0. The van der Waals surface area contributed by atoms with Crippen LogP contribution in [0.15, 0.2) is 78.9 Å². The lowest BCUT2D eigenvalue weighted by Gasteiger charge is -2.34. The number of aromatic hydroxyl groups is 3. The Labute approximate surface area is 245 Å². The summed E-state index contributed by atoms with van der Waals surface area (Å²) < 4.78 is 123. The maximum absolute atomic E-state index is 13.7. The Kier molecular flexibility index (Phi) is 7.90. The molecule has 3 nitrogen and oxygen atoms in total. The van der Waals surface area contributed by atoms with Crippen LogP contribution in [0.3, 0.4) is 0 Å². The Hall–Kier alpha value is -4.35. The summed E-state index contributed by atoms with van der Waals surface area (Å²) in [6.45, 7) is 4.60. The van der Waals surface area contributed by atoms with Gasteiger partial charge in [-0.3, -0.25) is 0 Å². The number of rotatable bonds is 5. The van der Waals surface area contributed by atoms with Gasteiger partial charge in [0, 0.05) is 10.8 Å². The third-order valence-electron chi connectivity index (χ3n) is 7.97. The number of hydrogen-bond donors (Lipinski definition) is 3. The SMILES string of the molecule is CC(C)(c1ccc(C(C)(c2ccc(O)c(C(F)(F)F)c2)c2ccc(O)c(C(F)(F)F)c2)cc1)c1ccc(O)c(C(F)(F)F)c1. The van der Waals surface area contributed by atoms with Gasteiger partial charge in [-0.05, 0) is 71.1 Å². The second-order valence-electron chi connectivity index (χ2n) is 11.0. The molecule has 44 heavy (non-hydrogen) atoms. The van der Waals surface area contributed by atoms with Crippen LogP contribution in [0.5, 0.6) is 17.2 Å². The third kappa shape index (κ3) is 5.89. The molecule has 3 N–H and O–H groups in total. The quantitative estimate of drug-likeness (QED) is 0.152. The molecule has 0 atom stereocenters. The minimum Gasteiger partial charge on any atom is -0.507 e. The Morgan fingerprint density at radius 3 is 1.00 bits per heavy atom. The second kappa shape index (κ2) is 10.7. The molecule has 0 saturated carbocycles. The molecule has 12 heteroatoms. The fourth-order valence-electron chi connectivity index (χ4n) is 5.19. The first-order chi connectivity index (χ1) is 20.1. The van der Waals surface area contributed by atoms with Gasteiger partial charge in [-0.2, -0.15) is 39.5 Å². The molecule has 0 aromatic heterocycles. The molecule has 0 aliphatic carbocycles. The summed E-state index contributed by atoms with van der Waals surface area (Å²) in [7, 11) is 0. The Morgan fingerprint density at radius 1 is 0.386 bits per heavy atom. The van der Waals surface area contributed by atoms with Crippen LogP contribution >= 0.6 is 0 Å². The maximum Gasteiger partial charge on any atom is 0.419 e. The zero-order chi connectivity index (χ0) is 33.0. The van der Waals surface area contributed by atoms with E-state index in [2.05, 4.69) is 0 Å². The van der Waals surface area contributed by atoms with Crippen LogP contribution < -0.4 is 0 Å². The molecule has 4 aromatic rings. The van der Waals surface area contributed by atoms with Gasteiger partial charge in [-0.25, -0.2) is 0 Å². The van der Waals surface area contributed by atoms with Crippen LogP contribution in [0.2, 0.25) is 0 Å².